The van der Waals surface area contributed by atoms with Crippen molar-refractivity contribution in [3.8, 4) is 0 Å². The van der Waals surface area contributed by atoms with Crippen LogP contribution in [0.1, 0.15) is 16.7 Å². The van der Waals surface area contributed by atoms with Crippen molar-refractivity contribution in [1.29, 1.82) is 0 Å². The molecule has 0 aliphatic heterocycles. The molecule has 15 heavy (non-hydrogen) atoms. The van der Waals surface area contributed by atoms with E-state index >= 15 is 0 Å². The number of nitrogens with two attached hydrogens (primary N) is 1. The third kappa shape index (κ3) is 2.01. The molecule has 0 spiro atoms. The first-order valence-corrected chi connectivity index (χ1v) is 5.00. The summed E-state index contributed by atoms with van der Waals surface area (Å²) in [6, 6.07) is 8.23. The summed E-state index contributed by atoms with van der Waals surface area (Å²) in [5.74, 6) is 0.702. The second-order valence-corrected chi connectivity index (χ2v) is 3.83. The molecule has 0 aliphatic rings. The lowest BCUT2D eigenvalue weighted by molar-refractivity contribution is 0.696. The van der Waals surface area contributed by atoms with E-state index in [1.54, 1.807) is 16.9 Å². The predicted molar refractivity (Wildman–Crippen MR) is 61.7 cm³/mol. The highest BCUT2D eigenvalue weighted by molar-refractivity contribution is 5.32. The summed E-state index contributed by atoms with van der Waals surface area (Å²) in [6.07, 6.45) is 1.72. The second-order valence-electron chi connectivity index (χ2n) is 3.83. The zero-order valence-electron chi connectivity index (χ0n) is 9.07. The first-order chi connectivity index (χ1) is 7.16. The van der Waals surface area contributed by atoms with Gasteiger partial charge >= 0.3 is 0 Å². The molecule has 2 aromatic rings. The average Bonchev–Trinajstić information content (AvgIpc) is 2.59. The fourth-order valence-electron chi connectivity index (χ4n) is 1.55. The van der Waals surface area contributed by atoms with E-state index in [-0.39, 0.29) is 0 Å². The second kappa shape index (κ2) is 3.77. The van der Waals surface area contributed by atoms with Gasteiger partial charge in [0, 0.05) is 0 Å². The smallest absolute Gasteiger partial charge is 0.122 e. The quantitative estimate of drug-likeness (QED) is 0.808. The number of nitrogens with zero attached hydrogens (tertiary/aromatic N) is 2. The first-order valence-electron chi connectivity index (χ1n) is 5.00. The lowest BCUT2D eigenvalue weighted by Crippen LogP contribution is -2.05. The molecule has 2 N–H and O–H groups in total. The fourth-order valence-corrected chi connectivity index (χ4v) is 1.55. The van der Waals surface area contributed by atoms with Gasteiger partial charge < -0.3 is 5.73 Å². The summed E-state index contributed by atoms with van der Waals surface area (Å²) in [4.78, 5) is 0. The standard InChI is InChI=1S/C12H15N3/c1-9-3-4-11(7-10(9)2)8-15-12(13)5-6-14-15/h3-7H,8,13H2,1-2H3. The van der Waals surface area contributed by atoms with E-state index in [0.29, 0.717) is 5.82 Å². The Labute approximate surface area is 89.5 Å². The highest BCUT2D eigenvalue weighted by Gasteiger charge is 2.00. The maximum Gasteiger partial charge on any atom is 0.122 e. The van der Waals surface area contributed by atoms with Crippen molar-refractivity contribution in [3.05, 3.63) is 47.2 Å². The molecule has 0 aliphatic carbocycles. The van der Waals surface area contributed by atoms with Crippen LogP contribution in [-0.2, 0) is 6.54 Å². The summed E-state index contributed by atoms with van der Waals surface area (Å²) in [6.45, 7) is 4.96. The molecule has 2 rings (SSSR count). The highest BCUT2D eigenvalue weighted by Crippen LogP contribution is 2.12. The lowest BCUT2D eigenvalue weighted by atomic mass is 10.1. The van der Waals surface area contributed by atoms with Crippen molar-refractivity contribution in [1.82, 2.24) is 9.78 Å². The van der Waals surface area contributed by atoms with Crippen LogP contribution in [0.3, 0.4) is 0 Å². The van der Waals surface area contributed by atoms with Crippen molar-refractivity contribution >= 4 is 5.82 Å². The van der Waals surface area contributed by atoms with Crippen LogP contribution in [0.5, 0.6) is 0 Å². The Morgan fingerprint density at radius 2 is 2.00 bits per heavy atom. The molecule has 3 heteroatoms. The molecule has 3 nitrogen and oxygen atoms in total. The molecule has 1 aromatic heterocycles. The van der Waals surface area contributed by atoms with Crippen LogP contribution in [-0.4, -0.2) is 9.78 Å². The summed E-state index contributed by atoms with van der Waals surface area (Å²) < 4.78 is 1.80. The molecule has 0 saturated carbocycles. The van der Waals surface area contributed by atoms with Gasteiger partial charge in [-0.2, -0.15) is 5.10 Å². The Hall–Kier alpha value is -1.77. The van der Waals surface area contributed by atoms with Crippen molar-refractivity contribution < 1.29 is 0 Å². The molecular formula is C12H15N3. The Morgan fingerprint density at radius 3 is 2.60 bits per heavy atom. The lowest BCUT2D eigenvalue weighted by Gasteiger charge is -2.06. The monoisotopic (exact) mass is 201 g/mol. The van der Waals surface area contributed by atoms with Crippen LogP contribution in [0.25, 0.3) is 0 Å². The van der Waals surface area contributed by atoms with Crippen molar-refractivity contribution in [2.24, 2.45) is 0 Å². The van der Waals surface area contributed by atoms with Gasteiger partial charge in [-0.1, -0.05) is 18.2 Å². The molecule has 1 heterocycles. The van der Waals surface area contributed by atoms with Crippen molar-refractivity contribution in [2.75, 3.05) is 5.73 Å². The fraction of sp³-hybridized carbons (Fsp3) is 0.250. The van der Waals surface area contributed by atoms with Crippen LogP contribution in [0.2, 0.25) is 0 Å². The number of hydrogen-bond acceptors (Lipinski definition) is 2. The van der Waals surface area contributed by atoms with Gasteiger partial charge in [-0.3, -0.25) is 0 Å². The number of aryl methyl sites for hydroxylation is 2. The first kappa shape index (κ1) is 9.77. The third-order valence-corrected chi connectivity index (χ3v) is 2.65. The number of rotatable bonds is 2. The minimum absolute atomic E-state index is 0.702. The molecule has 78 valence electrons. The molecule has 0 radical (unpaired) electrons. The van der Waals surface area contributed by atoms with E-state index in [2.05, 4.69) is 37.1 Å². The molecule has 0 bridgehead atoms. The average molecular weight is 201 g/mol. The number of aromatic nitrogens is 2. The van der Waals surface area contributed by atoms with E-state index < -0.39 is 0 Å². The molecule has 0 amide bonds. The largest absolute Gasteiger partial charge is 0.384 e. The summed E-state index contributed by atoms with van der Waals surface area (Å²) in [5, 5.41) is 4.15. The molecule has 1 aromatic carbocycles. The Bertz CT molecular complexity index is 471. The van der Waals surface area contributed by atoms with E-state index in [4.69, 9.17) is 5.73 Å². The van der Waals surface area contributed by atoms with Gasteiger partial charge in [0.2, 0.25) is 0 Å². The van der Waals surface area contributed by atoms with Gasteiger partial charge in [0.1, 0.15) is 5.82 Å². The van der Waals surface area contributed by atoms with E-state index in [1.807, 2.05) is 0 Å². The molecular weight excluding hydrogens is 186 g/mol. The number of nitrogen functional groups attached to an aromatic ring is 1. The van der Waals surface area contributed by atoms with Crippen molar-refractivity contribution in [2.45, 2.75) is 20.4 Å². The zero-order chi connectivity index (χ0) is 10.8. The summed E-state index contributed by atoms with van der Waals surface area (Å²) in [7, 11) is 0. The minimum Gasteiger partial charge on any atom is -0.384 e. The van der Waals surface area contributed by atoms with Gasteiger partial charge in [0.15, 0.2) is 0 Å². The van der Waals surface area contributed by atoms with Crippen LogP contribution >= 0.6 is 0 Å². The van der Waals surface area contributed by atoms with Gasteiger partial charge in [0.25, 0.3) is 0 Å². The Balaban J connectivity index is 2.25. The number of hydrogen-bond donors (Lipinski definition) is 1. The van der Waals surface area contributed by atoms with Gasteiger partial charge in [0.05, 0.1) is 12.7 Å². The summed E-state index contributed by atoms with van der Waals surface area (Å²) >= 11 is 0. The van der Waals surface area contributed by atoms with E-state index in [0.717, 1.165) is 6.54 Å². The van der Waals surface area contributed by atoms with Gasteiger partial charge in [-0.25, -0.2) is 4.68 Å². The normalized spacial score (nSPS) is 10.5. The van der Waals surface area contributed by atoms with Crippen LogP contribution in [0, 0.1) is 13.8 Å². The maximum absolute atomic E-state index is 5.76. The topological polar surface area (TPSA) is 43.8 Å². The Morgan fingerprint density at radius 1 is 1.20 bits per heavy atom. The number of benzene rings is 1. The number of anilines is 1. The van der Waals surface area contributed by atoms with Crippen molar-refractivity contribution in [3.63, 3.8) is 0 Å². The minimum atomic E-state index is 0.702. The molecule has 0 atom stereocenters. The van der Waals surface area contributed by atoms with Crippen LogP contribution in [0.15, 0.2) is 30.5 Å². The Kier molecular flexibility index (Phi) is 2.46. The van der Waals surface area contributed by atoms with E-state index in [9.17, 15) is 0 Å². The zero-order valence-corrected chi connectivity index (χ0v) is 9.07. The third-order valence-electron chi connectivity index (χ3n) is 2.65. The maximum atomic E-state index is 5.76. The molecule has 0 saturated heterocycles. The van der Waals surface area contributed by atoms with Gasteiger partial charge in [-0.15, -0.1) is 0 Å². The van der Waals surface area contributed by atoms with Crippen LogP contribution in [0.4, 0.5) is 5.82 Å². The van der Waals surface area contributed by atoms with Crippen LogP contribution < -0.4 is 5.73 Å². The molecule has 0 unspecified atom stereocenters. The summed E-state index contributed by atoms with van der Waals surface area (Å²) in [5.41, 5.74) is 9.60. The van der Waals surface area contributed by atoms with E-state index in [1.165, 1.54) is 16.7 Å². The highest BCUT2D eigenvalue weighted by atomic mass is 15.3. The van der Waals surface area contributed by atoms with Gasteiger partial charge in [-0.05, 0) is 36.6 Å². The predicted octanol–water partition coefficient (Wildman–Crippen LogP) is 2.13. The SMILES string of the molecule is Cc1ccc(Cn2nccc2N)cc1C. The molecule has 0 fully saturated rings.